The van der Waals surface area contributed by atoms with Gasteiger partial charge in [0.1, 0.15) is 11.5 Å². The summed E-state index contributed by atoms with van der Waals surface area (Å²) in [5, 5.41) is 0.653. The predicted octanol–water partition coefficient (Wildman–Crippen LogP) is 4.40. The van der Waals surface area contributed by atoms with Crippen molar-refractivity contribution in [2.45, 2.75) is 6.42 Å². The maximum Gasteiger partial charge on any atom is 0.132 e. The van der Waals surface area contributed by atoms with Gasteiger partial charge in [0.2, 0.25) is 0 Å². The maximum atomic E-state index is 5.99. The minimum Gasteiger partial charge on any atom is -0.457 e. The highest BCUT2D eigenvalue weighted by Crippen LogP contribution is 2.29. The Bertz CT molecular complexity index is 545. The number of rotatable bonds is 4. The first-order valence-corrected chi connectivity index (χ1v) is 6.78. The van der Waals surface area contributed by atoms with E-state index in [2.05, 4.69) is 15.9 Å². The van der Waals surface area contributed by atoms with E-state index in [-0.39, 0.29) is 0 Å². The Balaban J connectivity index is 2.29. The Morgan fingerprint density at radius 2 is 2.00 bits per heavy atom. The Labute approximate surface area is 120 Å². The monoisotopic (exact) mass is 325 g/mol. The van der Waals surface area contributed by atoms with Gasteiger partial charge in [-0.05, 0) is 48.9 Å². The van der Waals surface area contributed by atoms with Gasteiger partial charge < -0.3 is 10.5 Å². The molecule has 2 nitrogen and oxygen atoms in total. The molecule has 2 N–H and O–H groups in total. The van der Waals surface area contributed by atoms with E-state index in [0.29, 0.717) is 11.6 Å². The zero-order chi connectivity index (χ0) is 13.0. The maximum absolute atomic E-state index is 5.99. The Hall–Kier alpha value is -1.03. The Morgan fingerprint density at radius 3 is 2.72 bits per heavy atom. The minimum absolute atomic E-state index is 0.580. The molecule has 0 amide bonds. The van der Waals surface area contributed by atoms with E-state index in [1.165, 1.54) is 0 Å². The molecule has 0 aliphatic heterocycles. The molecule has 0 atom stereocenters. The van der Waals surface area contributed by atoms with Crippen LogP contribution in [0.4, 0.5) is 0 Å². The molecular weight excluding hydrogens is 314 g/mol. The molecule has 0 aromatic heterocycles. The van der Waals surface area contributed by atoms with E-state index >= 15 is 0 Å². The molecule has 0 saturated carbocycles. The van der Waals surface area contributed by atoms with Gasteiger partial charge in [-0.25, -0.2) is 0 Å². The van der Waals surface area contributed by atoms with Gasteiger partial charge in [0.25, 0.3) is 0 Å². The Morgan fingerprint density at radius 1 is 1.17 bits per heavy atom. The van der Waals surface area contributed by atoms with Crippen molar-refractivity contribution in [3.8, 4) is 11.5 Å². The molecular formula is C14H13BrClNO. The van der Waals surface area contributed by atoms with Crippen molar-refractivity contribution in [3.05, 3.63) is 57.5 Å². The van der Waals surface area contributed by atoms with E-state index < -0.39 is 0 Å². The lowest BCUT2D eigenvalue weighted by Gasteiger charge is -2.11. The van der Waals surface area contributed by atoms with Gasteiger partial charge in [-0.3, -0.25) is 0 Å². The number of halogens is 2. The second-order valence-electron chi connectivity index (χ2n) is 3.85. The number of hydrogen-bond donors (Lipinski definition) is 1. The molecule has 0 aliphatic carbocycles. The molecule has 2 rings (SSSR count). The van der Waals surface area contributed by atoms with Crippen LogP contribution in [0.5, 0.6) is 11.5 Å². The van der Waals surface area contributed by atoms with E-state index in [4.69, 9.17) is 22.1 Å². The van der Waals surface area contributed by atoms with Crippen LogP contribution in [0, 0.1) is 0 Å². The molecule has 0 fully saturated rings. The molecule has 18 heavy (non-hydrogen) atoms. The van der Waals surface area contributed by atoms with Crippen molar-refractivity contribution in [2.24, 2.45) is 5.73 Å². The highest BCUT2D eigenvalue weighted by atomic mass is 79.9. The summed E-state index contributed by atoms with van der Waals surface area (Å²) in [5.74, 6) is 1.52. The lowest BCUT2D eigenvalue weighted by Crippen LogP contribution is -2.04. The van der Waals surface area contributed by atoms with Crippen molar-refractivity contribution >= 4 is 27.5 Å². The number of hydrogen-bond acceptors (Lipinski definition) is 2. The first-order chi connectivity index (χ1) is 8.69. The molecule has 0 unspecified atom stereocenters. The molecule has 2 aromatic rings. The van der Waals surface area contributed by atoms with E-state index in [9.17, 15) is 0 Å². The van der Waals surface area contributed by atoms with Crippen molar-refractivity contribution < 1.29 is 4.74 Å². The zero-order valence-electron chi connectivity index (χ0n) is 9.70. The summed E-state index contributed by atoms with van der Waals surface area (Å²) in [6.07, 6.45) is 0.764. The summed E-state index contributed by atoms with van der Waals surface area (Å²) in [7, 11) is 0. The third-order valence-electron chi connectivity index (χ3n) is 2.47. The molecule has 94 valence electrons. The smallest absolute Gasteiger partial charge is 0.132 e. The van der Waals surface area contributed by atoms with Gasteiger partial charge in [-0.15, -0.1) is 0 Å². The van der Waals surface area contributed by atoms with Crippen LogP contribution in [0.3, 0.4) is 0 Å². The average molecular weight is 327 g/mol. The normalized spacial score (nSPS) is 10.4. The summed E-state index contributed by atoms with van der Waals surface area (Å²) in [6.45, 7) is 0.580. The molecule has 0 aliphatic rings. The van der Waals surface area contributed by atoms with Crippen molar-refractivity contribution in [1.29, 1.82) is 0 Å². The topological polar surface area (TPSA) is 35.2 Å². The fourth-order valence-corrected chi connectivity index (χ4v) is 2.18. The third kappa shape index (κ3) is 3.48. The standard InChI is InChI=1S/C14H13BrClNO/c15-11-2-1-3-13(8-11)18-14-9-12(16)5-4-10(14)6-7-17/h1-5,8-9H,6-7,17H2. The fourth-order valence-electron chi connectivity index (χ4n) is 1.64. The van der Waals surface area contributed by atoms with E-state index in [1.807, 2.05) is 42.5 Å². The van der Waals surface area contributed by atoms with Gasteiger partial charge in [0.15, 0.2) is 0 Å². The molecule has 0 radical (unpaired) electrons. The van der Waals surface area contributed by atoms with Crippen LogP contribution in [-0.4, -0.2) is 6.54 Å². The lowest BCUT2D eigenvalue weighted by molar-refractivity contribution is 0.476. The number of nitrogens with two attached hydrogens (primary N) is 1. The molecule has 4 heteroatoms. The predicted molar refractivity (Wildman–Crippen MR) is 78.4 cm³/mol. The van der Waals surface area contributed by atoms with Crippen LogP contribution >= 0.6 is 27.5 Å². The quantitative estimate of drug-likeness (QED) is 0.904. The molecule has 0 heterocycles. The van der Waals surface area contributed by atoms with Crippen molar-refractivity contribution in [3.63, 3.8) is 0 Å². The van der Waals surface area contributed by atoms with Gasteiger partial charge in [0, 0.05) is 9.50 Å². The fraction of sp³-hybridized carbons (Fsp3) is 0.143. The summed E-state index contributed by atoms with van der Waals surface area (Å²) in [5.41, 5.74) is 6.65. The SMILES string of the molecule is NCCc1ccc(Cl)cc1Oc1cccc(Br)c1. The summed E-state index contributed by atoms with van der Waals surface area (Å²) < 4.78 is 6.83. The van der Waals surface area contributed by atoms with Gasteiger partial charge >= 0.3 is 0 Å². The lowest BCUT2D eigenvalue weighted by atomic mass is 10.1. The minimum atomic E-state index is 0.580. The van der Waals surface area contributed by atoms with Crippen LogP contribution in [0.2, 0.25) is 5.02 Å². The first kappa shape index (κ1) is 13.4. The van der Waals surface area contributed by atoms with Crippen LogP contribution in [0.1, 0.15) is 5.56 Å². The van der Waals surface area contributed by atoms with Crippen molar-refractivity contribution in [1.82, 2.24) is 0 Å². The van der Waals surface area contributed by atoms with Crippen molar-refractivity contribution in [2.75, 3.05) is 6.54 Å². The molecule has 0 bridgehead atoms. The second-order valence-corrected chi connectivity index (χ2v) is 5.20. The molecule has 0 saturated heterocycles. The Kier molecular flexibility index (Phi) is 4.64. The van der Waals surface area contributed by atoms with Crippen LogP contribution in [-0.2, 0) is 6.42 Å². The number of benzene rings is 2. The highest BCUT2D eigenvalue weighted by Gasteiger charge is 2.06. The summed E-state index contributed by atoms with van der Waals surface area (Å²) in [4.78, 5) is 0. The summed E-state index contributed by atoms with van der Waals surface area (Å²) in [6, 6.07) is 13.3. The average Bonchev–Trinajstić information content (AvgIpc) is 2.33. The van der Waals surface area contributed by atoms with E-state index in [1.54, 1.807) is 0 Å². The van der Waals surface area contributed by atoms with Crippen LogP contribution < -0.4 is 10.5 Å². The van der Waals surface area contributed by atoms with Crippen LogP contribution in [0.15, 0.2) is 46.9 Å². The van der Waals surface area contributed by atoms with Gasteiger partial charge in [-0.1, -0.05) is 39.7 Å². The summed E-state index contributed by atoms with van der Waals surface area (Å²) >= 11 is 9.41. The zero-order valence-corrected chi connectivity index (χ0v) is 12.0. The van der Waals surface area contributed by atoms with Crippen LogP contribution in [0.25, 0.3) is 0 Å². The van der Waals surface area contributed by atoms with Gasteiger partial charge in [0.05, 0.1) is 0 Å². The molecule has 2 aromatic carbocycles. The number of ether oxygens (including phenoxy) is 1. The third-order valence-corrected chi connectivity index (χ3v) is 3.20. The highest BCUT2D eigenvalue weighted by molar-refractivity contribution is 9.10. The largest absolute Gasteiger partial charge is 0.457 e. The van der Waals surface area contributed by atoms with Gasteiger partial charge in [-0.2, -0.15) is 0 Å². The van der Waals surface area contributed by atoms with E-state index in [0.717, 1.165) is 28.0 Å². The molecule has 0 spiro atoms. The first-order valence-electron chi connectivity index (χ1n) is 5.61. The second kappa shape index (κ2) is 6.23.